The summed E-state index contributed by atoms with van der Waals surface area (Å²) in [4.78, 5) is 23.8. The minimum atomic E-state index is -2.94. The Labute approximate surface area is 239 Å². The normalized spacial score (nSPS) is 11.3. The van der Waals surface area contributed by atoms with Crippen LogP contribution in [-0.4, -0.2) is 45.7 Å². The molecule has 0 aliphatic heterocycles. The van der Waals surface area contributed by atoms with E-state index in [0.29, 0.717) is 0 Å². The molecule has 0 atom stereocenters. The highest BCUT2D eigenvalue weighted by Gasteiger charge is 2.45. The molecule has 0 saturated heterocycles. The van der Waals surface area contributed by atoms with Gasteiger partial charge in [-0.2, -0.15) is 0 Å². The van der Waals surface area contributed by atoms with Crippen LogP contribution >= 0.6 is 7.26 Å². The molecule has 0 aliphatic rings. The van der Waals surface area contributed by atoms with E-state index in [4.69, 9.17) is 0 Å². The first-order valence-corrected chi connectivity index (χ1v) is 18.5. The highest BCUT2D eigenvalue weighted by Crippen LogP contribution is 2.61. The zero-order valence-corrected chi connectivity index (χ0v) is 26.7. The van der Waals surface area contributed by atoms with Crippen molar-refractivity contribution in [1.29, 1.82) is 0 Å². The fourth-order valence-corrected chi connectivity index (χ4v) is 10.0. The van der Waals surface area contributed by atoms with E-state index in [0.717, 1.165) is 0 Å². The van der Waals surface area contributed by atoms with Gasteiger partial charge in [0, 0.05) is 7.26 Å². The van der Waals surface area contributed by atoms with E-state index in [1.807, 2.05) is 0 Å². The average molecular weight is 579 g/mol. The Kier molecular flexibility index (Phi) is 28.7. The van der Waals surface area contributed by atoms with Gasteiger partial charge in [-0.3, -0.25) is 30.3 Å². The molecule has 0 aliphatic carbocycles. The van der Waals surface area contributed by atoms with Crippen LogP contribution in [0.3, 0.4) is 0 Å². The zero-order valence-electron chi connectivity index (χ0n) is 25.8. The van der Waals surface area contributed by atoms with Gasteiger partial charge in [0.1, 0.15) is 0 Å². The van der Waals surface area contributed by atoms with Crippen molar-refractivity contribution in [3.05, 3.63) is 30.3 Å². The summed E-state index contributed by atoms with van der Waals surface area (Å²) in [5, 5.41) is 28.5. The van der Waals surface area contributed by atoms with Crippen LogP contribution < -0.4 is 0 Å². The van der Waals surface area contributed by atoms with Gasteiger partial charge in [-0.25, -0.2) is 0 Å². The summed E-state index contributed by atoms with van der Waals surface area (Å²) in [5.41, 5.74) is 0. The van der Waals surface area contributed by atoms with E-state index < -0.39 is 28.3 Å². The molecule has 0 fully saturated rings. The maximum Gasteiger partial charge on any atom is 0.693 e. The molecule has 0 radical (unpaired) electrons. The first kappa shape index (κ1) is 39.8. The van der Waals surface area contributed by atoms with Gasteiger partial charge in [0.05, 0.1) is 24.6 Å². The molecule has 0 spiro atoms. The Balaban J connectivity index is 0. The topological polar surface area (TPSA) is 129 Å². The number of hydrogen-bond acceptors (Lipinski definition) is 6. The van der Waals surface area contributed by atoms with Crippen LogP contribution in [0.25, 0.3) is 0 Å². The van der Waals surface area contributed by atoms with Crippen molar-refractivity contribution < 1.29 is 14.8 Å². The van der Waals surface area contributed by atoms with Crippen LogP contribution in [0, 0.1) is 30.3 Å². The second-order valence-electron chi connectivity index (χ2n) is 11.1. The average Bonchev–Trinajstić information content (AvgIpc) is 2.88. The van der Waals surface area contributed by atoms with Crippen molar-refractivity contribution in [2.75, 3.05) is 24.6 Å². The van der Waals surface area contributed by atoms with Crippen molar-refractivity contribution in [3.63, 3.8) is 0 Å². The van der Waals surface area contributed by atoms with Gasteiger partial charge in [-0.15, -0.1) is 0 Å². The molecule has 0 N–H and O–H groups in total. The molecule has 0 heterocycles. The highest BCUT2D eigenvalue weighted by atomic mass is 31.2. The molecule has 0 aromatic heterocycles. The van der Waals surface area contributed by atoms with Crippen LogP contribution in [0.5, 0.6) is 0 Å². The van der Waals surface area contributed by atoms with Crippen LogP contribution in [0.4, 0.5) is 0 Å². The molecule has 0 aromatic carbocycles. The zero-order chi connectivity index (χ0) is 29.8. The van der Waals surface area contributed by atoms with E-state index in [1.165, 1.54) is 103 Å². The van der Waals surface area contributed by atoms with Gasteiger partial charge in [0.15, 0.2) is 14.8 Å². The van der Waals surface area contributed by atoms with Gasteiger partial charge < -0.3 is 0 Å². The molecule has 0 amide bonds. The van der Waals surface area contributed by atoms with Gasteiger partial charge in [0.25, 0.3) is 0 Å². The minimum absolute atomic E-state index is 0.683. The van der Waals surface area contributed by atoms with Crippen molar-refractivity contribution >= 4 is 7.26 Å². The monoisotopic (exact) mass is 578 g/mol. The third-order valence-corrected chi connectivity index (χ3v) is 12.6. The molecule has 0 unspecified atom stereocenters. The molecule has 0 rings (SSSR count). The van der Waals surface area contributed by atoms with Gasteiger partial charge in [0.2, 0.25) is 0 Å². The summed E-state index contributed by atoms with van der Waals surface area (Å²) < 4.78 is 0. The molecule has 9 nitrogen and oxygen atoms in total. The maximum atomic E-state index is 9.50. The summed E-state index contributed by atoms with van der Waals surface area (Å²) in [7, 11) is -0.683. The molecular weight excluding hydrogens is 517 g/mol. The standard InChI is InChI=1S/C28H60P.CHN3O6/c1-5-9-13-17-18-19-20-24-28-29(25-21-14-10-6-2,26-22-15-11-7-3)27-23-16-12-8-4;5-2(6)1(3(7)8)4(9)10/h5-28H2,1-4H3;1H/q+1;. The molecule has 0 bridgehead atoms. The lowest BCUT2D eigenvalue weighted by atomic mass is 10.1. The van der Waals surface area contributed by atoms with Gasteiger partial charge in [-0.05, 0) is 51.4 Å². The van der Waals surface area contributed by atoms with Crippen molar-refractivity contribution in [3.8, 4) is 0 Å². The summed E-state index contributed by atoms with van der Waals surface area (Å²) in [6, 6.07) is 0. The third-order valence-electron chi connectivity index (χ3n) is 7.51. The second kappa shape index (κ2) is 28.2. The number of unbranched alkanes of at least 4 members (excludes halogenated alkanes) is 16. The van der Waals surface area contributed by atoms with Crippen LogP contribution in [0.15, 0.2) is 0 Å². The summed E-state index contributed by atoms with van der Waals surface area (Å²) in [6.07, 6.45) is 33.1. The highest BCUT2D eigenvalue weighted by molar-refractivity contribution is 7.75. The number of nitrogens with zero attached hydrogens (tertiary/aromatic N) is 3. The van der Waals surface area contributed by atoms with Gasteiger partial charge in [-0.1, -0.05) is 105 Å². The molecule has 39 heavy (non-hydrogen) atoms. The smallest absolute Gasteiger partial charge is 0.253 e. The summed E-state index contributed by atoms with van der Waals surface area (Å²) in [6.45, 7) is 9.40. The van der Waals surface area contributed by atoms with E-state index in [9.17, 15) is 30.3 Å². The van der Waals surface area contributed by atoms with Crippen molar-refractivity contribution in [1.82, 2.24) is 0 Å². The predicted octanol–water partition coefficient (Wildman–Crippen LogP) is 9.99. The Morgan fingerprint density at radius 2 is 0.615 bits per heavy atom. The number of hydrogen-bond donors (Lipinski definition) is 0. The Morgan fingerprint density at radius 3 is 0.821 bits per heavy atom. The SMILES string of the molecule is CCCCCCCCCC[P+](CCCCCC)(CCCCCC)CCCCCC.O=[N+]([O-])C([N+](=O)[O-])[N+](=O)[O-]. The van der Waals surface area contributed by atoms with E-state index in [-0.39, 0.29) is 0 Å². The Morgan fingerprint density at radius 1 is 0.410 bits per heavy atom. The third kappa shape index (κ3) is 24.2. The lowest BCUT2D eigenvalue weighted by Crippen LogP contribution is -2.36. The van der Waals surface area contributed by atoms with E-state index >= 15 is 0 Å². The van der Waals surface area contributed by atoms with E-state index in [2.05, 4.69) is 27.7 Å². The van der Waals surface area contributed by atoms with Crippen LogP contribution in [0.1, 0.15) is 156 Å². The number of rotatable bonds is 27. The predicted molar refractivity (Wildman–Crippen MR) is 166 cm³/mol. The summed E-state index contributed by atoms with van der Waals surface area (Å²) in [5.74, 6) is 0. The molecular formula is C29H61N3O6P+. The van der Waals surface area contributed by atoms with Crippen molar-refractivity contribution in [2.45, 2.75) is 162 Å². The van der Waals surface area contributed by atoms with E-state index in [1.54, 1.807) is 50.3 Å². The first-order chi connectivity index (χ1) is 18.7. The molecule has 0 aromatic rings. The summed E-state index contributed by atoms with van der Waals surface area (Å²) >= 11 is 0. The maximum absolute atomic E-state index is 9.50. The fourth-order valence-electron chi connectivity index (χ4n) is 5.10. The Hall–Kier alpha value is -1.37. The van der Waals surface area contributed by atoms with Crippen molar-refractivity contribution in [2.24, 2.45) is 0 Å². The first-order valence-electron chi connectivity index (χ1n) is 16.0. The lowest BCUT2D eigenvalue weighted by molar-refractivity contribution is -0.912. The quantitative estimate of drug-likeness (QED) is 0.0313. The molecule has 0 saturated carbocycles. The molecule has 10 heteroatoms. The molecule has 232 valence electrons. The largest absolute Gasteiger partial charge is 0.693 e. The Bertz CT molecular complexity index is 545. The minimum Gasteiger partial charge on any atom is -0.253 e. The lowest BCUT2D eigenvalue weighted by Gasteiger charge is -2.28. The van der Waals surface area contributed by atoms with Gasteiger partial charge >= 0.3 is 6.29 Å². The van der Waals surface area contributed by atoms with Crippen LogP contribution in [-0.2, 0) is 0 Å². The number of nitro groups is 3. The van der Waals surface area contributed by atoms with Crippen LogP contribution in [0.2, 0.25) is 0 Å². The second-order valence-corrected chi connectivity index (χ2v) is 15.6. The fraction of sp³-hybridized carbons (Fsp3) is 1.00.